The number of thiocarbonyl (C=S) groups is 1. The maximum absolute atomic E-state index is 12.7. The number of rotatable bonds is 3. The predicted octanol–water partition coefficient (Wildman–Crippen LogP) is 2.40. The molecule has 0 bridgehead atoms. The van der Waals surface area contributed by atoms with Crippen LogP contribution in [0.4, 0.5) is 0 Å². The van der Waals surface area contributed by atoms with Crippen molar-refractivity contribution >= 4 is 23.1 Å². The van der Waals surface area contributed by atoms with E-state index in [4.69, 9.17) is 26.4 Å². The minimum atomic E-state index is -0.498. The van der Waals surface area contributed by atoms with Crippen molar-refractivity contribution in [3.8, 4) is 17.2 Å². The van der Waals surface area contributed by atoms with Crippen LogP contribution in [0.3, 0.4) is 0 Å². The summed E-state index contributed by atoms with van der Waals surface area (Å²) >= 11 is 5.39. The average molecular weight is 364 g/mol. The van der Waals surface area contributed by atoms with Gasteiger partial charge in [0, 0.05) is 32.5 Å². The molecule has 2 aliphatic rings. The van der Waals surface area contributed by atoms with Crippen molar-refractivity contribution in [2.45, 2.75) is 31.8 Å². The fourth-order valence-corrected chi connectivity index (χ4v) is 3.85. The molecule has 1 N–H and O–H groups in total. The number of nitrogens with zero attached hydrogens (tertiary/aromatic N) is 1. The van der Waals surface area contributed by atoms with E-state index in [-0.39, 0.29) is 5.78 Å². The first-order chi connectivity index (χ1) is 12.0. The lowest BCUT2D eigenvalue weighted by molar-refractivity contribution is 0.00151. The van der Waals surface area contributed by atoms with Gasteiger partial charge in [0.05, 0.1) is 26.2 Å². The van der Waals surface area contributed by atoms with Crippen LogP contribution in [0.1, 0.15) is 36.5 Å². The topological polar surface area (TPSA) is 60.0 Å². The zero-order chi connectivity index (χ0) is 18.0. The van der Waals surface area contributed by atoms with Crippen LogP contribution in [-0.4, -0.2) is 55.3 Å². The second-order valence-corrected chi connectivity index (χ2v) is 6.77. The Kier molecular flexibility index (Phi) is 5.03. The highest BCUT2D eigenvalue weighted by molar-refractivity contribution is 7.80. The first-order valence-corrected chi connectivity index (χ1v) is 8.94. The number of ether oxygens (including phenoxy) is 3. The van der Waals surface area contributed by atoms with Crippen LogP contribution in [0.15, 0.2) is 12.1 Å². The fourth-order valence-electron chi connectivity index (χ4n) is 3.52. The van der Waals surface area contributed by atoms with Gasteiger partial charge in [-0.15, -0.1) is 0 Å². The molecule has 0 atom stereocenters. The molecule has 0 aromatic heterocycles. The third-order valence-electron chi connectivity index (χ3n) is 4.89. The van der Waals surface area contributed by atoms with Crippen molar-refractivity contribution in [2.75, 3.05) is 33.9 Å². The van der Waals surface area contributed by atoms with Crippen molar-refractivity contribution in [3.63, 3.8) is 0 Å². The van der Waals surface area contributed by atoms with Gasteiger partial charge in [0.2, 0.25) is 5.75 Å². The van der Waals surface area contributed by atoms with Crippen molar-refractivity contribution in [2.24, 2.45) is 0 Å². The van der Waals surface area contributed by atoms with E-state index in [0.29, 0.717) is 29.2 Å². The van der Waals surface area contributed by atoms with Gasteiger partial charge < -0.3 is 24.4 Å². The van der Waals surface area contributed by atoms with Crippen LogP contribution in [0, 0.1) is 0 Å². The van der Waals surface area contributed by atoms with Gasteiger partial charge in [-0.25, -0.2) is 0 Å². The lowest BCUT2D eigenvalue weighted by Crippen LogP contribution is -2.54. The van der Waals surface area contributed by atoms with Crippen molar-refractivity contribution in [1.29, 1.82) is 0 Å². The summed E-state index contributed by atoms with van der Waals surface area (Å²) in [6.07, 6.45) is 1.87. The smallest absolute Gasteiger partial charge is 0.204 e. The molecule has 1 fully saturated rings. The minimum Gasteiger partial charge on any atom is -0.493 e. The molecule has 1 saturated heterocycles. The quantitative estimate of drug-likeness (QED) is 0.827. The second-order valence-electron chi connectivity index (χ2n) is 6.39. The molecular formula is C18H24N2O4S. The Morgan fingerprint density at radius 3 is 2.64 bits per heavy atom. The summed E-state index contributed by atoms with van der Waals surface area (Å²) in [6, 6.07) is 3.50. The van der Waals surface area contributed by atoms with Crippen LogP contribution >= 0.6 is 12.2 Å². The Balaban J connectivity index is 1.84. The van der Waals surface area contributed by atoms with Crippen LogP contribution in [0.2, 0.25) is 0 Å². The highest BCUT2D eigenvalue weighted by atomic mass is 32.1. The van der Waals surface area contributed by atoms with Gasteiger partial charge in [-0.1, -0.05) is 0 Å². The number of carbonyl (C=O) groups is 1. The molecular weight excluding hydrogens is 340 g/mol. The summed E-state index contributed by atoms with van der Waals surface area (Å²) in [5, 5.41) is 3.94. The third kappa shape index (κ3) is 3.25. The molecule has 136 valence electrons. The van der Waals surface area contributed by atoms with Gasteiger partial charge in [-0.2, -0.15) is 0 Å². The number of methoxy groups -OCH3 is 2. The lowest BCUT2D eigenvalue weighted by atomic mass is 9.82. The summed E-state index contributed by atoms with van der Waals surface area (Å²) in [5.74, 6) is 1.64. The third-order valence-corrected chi connectivity index (χ3v) is 5.29. The van der Waals surface area contributed by atoms with E-state index in [9.17, 15) is 4.79 Å². The number of benzene rings is 1. The molecule has 0 unspecified atom stereocenters. The maximum Gasteiger partial charge on any atom is 0.204 e. The number of fused-ring (bicyclic) bond motifs is 1. The highest BCUT2D eigenvalue weighted by Gasteiger charge is 2.44. The molecule has 2 heterocycles. The maximum atomic E-state index is 12.7. The van der Waals surface area contributed by atoms with Gasteiger partial charge in [0.15, 0.2) is 22.4 Å². The Morgan fingerprint density at radius 1 is 1.32 bits per heavy atom. The van der Waals surface area contributed by atoms with Crippen molar-refractivity contribution in [3.05, 3.63) is 17.7 Å². The number of nitrogens with one attached hydrogen (secondary N) is 1. The monoisotopic (exact) mass is 364 g/mol. The summed E-state index contributed by atoms with van der Waals surface area (Å²) in [6.45, 7) is 4.36. The van der Waals surface area contributed by atoms with Gasteiger partial charge in [-0.05, 0) is 31.3 Å². The number of hydrogen-bond donors (Lipinski definition) is 1. The Morgan fingerprint density at radius 2 is 2.04 bits per heavy atom. The largest absolute Gasteiger partial charge is 0.493 e. The first-order valence-electron chi connectivity index (χ1n) is 8.53. The molecule has 7 heteroatoms. The Labute approximate surface area is 153 Å². The number of likely N-dealkylation sites (tertiary alicyclic amines) is 1. The van der Waals surface area contributed by atoms with Crippen LogP contribution in [0.25, 0.3) is 0 Å². The fraction of sp³-hybridized carbons (Fsp3) is 0.556. The van der Waals surface area contributed by atoms with Crippen LogP contribution in [-0.2, 0) is 0 Å². The van der Waals surface area contributed by atoms with E-state index in [1.807, 2.05) is 6.92 Å². The van der Waals surface area contributed by atoms with Crippen LogP contribution in [0.5, 0.6) is 17.2 Å². The number of hydrogen-bond acceptors (Lipinski definition) is 5. The molecule has 0 amide bonds. The Bertz CT molecular complexity index is 684. The summed E-state index contributed by atoms with van der Waals surface area (Å²) in [7, 11) is 3.13. The van der Waals surface area contributed by atoms with E-state index in [1.54, 1.807) is 26.4 Å². The van der Waals surface area contributed by atoms with Gasteiger partial charge >= 0.3 is 0 Å². The molecule has 1 spiro atoms. The predicted molar refractivity (Wildman–Crippen MR) is 98.9 cm³/mol. The van der Waals surface area contributed by atoms with E-state index < -0.39 is 5.60 Å². The standard InChI is InChI=1S/C18H24N2O4S/c1-4-19-17(25)20-9-7-18(8-10-20)11-13(21)12-5-6-14(22-2)16(23-3)15(12)24-18/h5-6H,4,7-11H2,1-3H3,(H,19,25). The molecule has 0 saturated carbocycles. The first kappa shape index (κ1) is 17.8. The zero-order valence-electron chi connectivity index (χ0n) is 14.9. The molecule has 1 aromatic rings. The summed E-state index contributed by atoms with van der Waals surface area (Å²) in [5.41, 5.74) is 0.0658. The summed E-state index contributed by atoms with van der Waals surface area (Å²) in [4.78, 5) is 14.9. The van der Waals surface area contributed by atoms with E-state index in [2.05, 4.69) is 10.2 Å². The lowest BCUT2D eigenvalue weighted by Gasteiger charge is -2.44. The number of Topliss-reactive ketones (excluding diaryl/α,β-unsaturated/α-hetero) is 1. The van der Waals surface area contributed by atoms with Gasteiger partial charge in [-0.3, -0.25) is 4.79 Å². The molecule has 6 nitrogen and oxygen atoms in total. The normalized spacial score (nSPS) is 18.4. The van der Waals surface area contributed by atoms with E-state index >= 15 is 0 Å². The molecule has 1 aromatic carbocycles. The molecule has 25 heavy (non-hydrogen) atoms. The van der Waals surface area contributed by atoms with Crippen molar-refractivity contribution < 1.29 is 19.0 Å². The van der Waals surface area contributed by atoms with E-state index in [0.717, 1.165) is 37.6 Å². The highest BCUT2D eigenvalue weighted by Crippen LogP contribution is 2.47. The van der Waals surface area contributed by atoms with Gasteiger partial charge in [0.1, 0.15) is 5.60 Å². The summed E-state index contributed by atoms with van der Waals surface area (Å²) < 4.78 is 17.2. The number of piperidine rings is 1. The molecule has 0 radical (unpaired) electrons. The van der Waals surface area contributed by atoms with Crippen molar-refractivity contribution in [1.82, 2.24) is 10.2 Å². The SMILES string of the molecule is CCNC(=S)N1CCC2(CC1)CC(=O)c1ccc(OC)c(OC)c1O2. The van der Waals surface area contributed by atoms with Gasteiger partial charge in [0.25, 0.3) is 0 Å². The minimum absolute atomic E-state index is 0.0879. The average Bonchev–Trinajstić information content (AvgIpc) is 2.61. The zero-order valence-corrected chi connectivity index (χ0v) is 15.7. The molecule has 0 aliphatic carbocycles. The number of ketones is 1. The van der Waals surface area contributed by atoms with Crippen LogP contribution < -0.4 is 19.5 Å². The Hall–Kier alpha value is -2.02. The van der Waals surface area contributed by atoms with E-state index in [1.165, 1.54) is 0 Å². The molecule has 2 aliphatic heterocycles. The molecule has 3 rings (SSSR count). The second kappa shape index (κ2) is 7.07. The number of carbonyl (C=O) groups excluding carboxylic acids is 1.